The van der Waals surface area contributed by atoms with Gasteiger partial charge in [-0.05, 0) is 30.5 Å². The zero-order valence-corrected chi connectivity index (χ0v) is 15.6. The zero-order valence-electron chi connectivity index (χ0n) is 14.1. The number of benzene rings is 1. The lowest BCUT2D eigenvalue weighted by Crippen LogP contribution is -2.39. The van der Waals surface area contributed by atoms with Crippen molar-refractivity contribution in [1.29, 1.82) is 0 Å². The van der Waals surface area contributed by atoms with Crippen LogP contribution in [0.4, 0.5) is 0 Å². The Hall–Kier alpha value is -2.05. The smallest absolute Gasteiger partial charge is 0.274 e. The number of likely N-dealkylation sites (tertiary alicyclic amines) is 1. The van der Waals surface area contributed by atoms with Crippen LogP contribution in [0.15, 0.2) is 24.3 Å². The molecule has 26 heavy (non-hydrogen) atoms. The predicted octanol–water partition coefficient (Wildman–Crippen LogP) is 3.08. The third kappa shape index (κ3) is 3.19. The summed E-state index contributed by atoms with van der Waals surface area (Å²) in [6.45, 7) is 3.06. The average molecular weight is 393 g/mol. The molecule has 6 nitrogen and oxygen atoms in total. The van der Waals surface area contributed by atoms with Gasteiger partial charge in [0.1, 0.15) is 5.69 Å². The molecule has 4 rings (SSSR count). The third-order valence-corrected chi connectivity index (χ3v) is 5.58. The molecule has 1 aromatic carbocycles. The van der Waals surface area contributed by atoms with Crippen molar-refractivity contribution in [2.75, 3.05) is 19.6 Å². The predicted molar refractivity (Wildman–Crippen MR) is 98.6 cm³/mol. The zero-order chi connectivity index (χ0) is 18.3. The van der Waals surface area contributed by atoms with Crippen molar-refractivity contribution in [2.24, 2.45) is 0 Å². The molecule has 0 bridgehead atoms. The van der Waals surface area contributed by atoms with Crippen LogP contribution in [0.1, 0.15) is 39.4 Å². The van der Waals surface area contributed by atoms with E-state index in [1.807, 2.05) is 6.07 Å². The standard InChI is InChI=1S/C18H18Cl2N4O2/c19-13-4-3-12(9-14(13)20)11-23-7-8-24-16(18(23)26)10-15(21-24)17(25)22-5-1-2-6-22/h3-4,9-10H,1-2,5-8,11H2. The van der Waals surface area contributed by atoms with E-state index < -0.39 is 0 Å². The van der Waals surface area contributed by atoms with E-state index in [1.165, 1.54) is 0 Å². The van der Waals surface area contributed by atoms with E-state index in [-0.39, 0.29) is 11.8 Å². The number of hydrogen-bond acceptors (Lipinski definition) is 3. The number of halogens is 2. The number of carbonyl (C=O) groups excluding carboxylic acids is 2. The molecule has 1 aromatic heterocycles. The van der Waals surface area contributed by atoms with Crippen LogP contribution in [0.2, 0.25) is 10.0 Å². The fourth-order valence-corrected chi connectivity index (χ4v) is 3.76. The lowest BCUT2D eigenvalue weighted by atomic mass is 10.2. The van der Waals surface area contributed by atoms with Crippen molar-refractivity contribution < 1.29 is 9.59 Å². The number of aromatic nitrogens is 2. The van der Waals surface area contributed by atoms with Gasteiger partial charge in [-0.15, -0.1) is 0 Å². The molecule has 0 saturated carbocycles. The van der Waals surface area contributed by atoms with Crippen molar-refractivity contribution in [3.05, 3.63) is 51.3 Å². The number of hydrogen-bond donors (Lipinski definition) is 0. The van der Waals surface area contributed by atoms with Gasteiger partial charge in [-0.3, -0.25) is 14.3 Å². The van der Waals surface area contributed by atoms with Crippen LogP contribution in [0.25, 0.3) is 0 Å². The summed E-state index contributed by atoms with van der Waals surface area (Å²) in [5.41, 5.74) is 1.72. The van der Waals surface area contributed by atoms with Gasteiger partial charge in [0.25, 0.3) is 11.8 Å². The molecule has 136 valence electrons. The number of rotatable bonds is 3. The Morgan fingerprint density at radius 2 is 1.81 bits per heavy atom. The minimum atomic E-state index is -0.129. The number of carbonyl (C=O) groups is 2. The second kappa shape index (κ2) is 6.93. The number of amides is 2. The van der Waals surface area contributed by atoms with Crippen molar-refractivity contribution in [2.45, 2.75) is 25.9 Å². The molecule has 2 aliphatic heterocycles. The van der Waals surface area contributed by atoms with E-state index >= 15 is 0 Å². The van der Waals surface area contributed by atoms with Crippen LogP contribution in [0, 0.1) is 0 Å². The first-order valence-electron chi connectivity index (χ1n) is 8.63. The molecule has 0 spiro atoms. The van der Waals surface area contributed by atoms with E-state index in [2.05, 4.69) is 5.10 Å². The SMILES string of the molecule is O=C(c1cc2n(n1)CCN(Cc1ccc(Cl)c(Cl)c1)C2=O)N1CCCC1. The Bertz CT molecular complexity index is 874. The Kier molecular flexibility index (Phi) is 4.63. The quantitative estimate of drug-likeness (QED) is 0.806. The molecular weight excluding hydrogens is 375 g/mol. The Labute approximate surface area is 161 Å². The molecular formula is C18H18Cl2N4O2. The summed E-state index contributed by atoms with van der Waals surface area (Å²) >= 11 is 12.0. The van der Waals surface area contributed by atoms with Gasteiger partial charge in [0, 0.05) is 32.2 Å². The van der Waals surface area contributed by atoms with Crippen LogP contribution in [0.3, 0.4) is 0 Å². The normalized spacial score (nSPS) is 16.9. The largest absolute Gasteiger partial charge is 0.337 e. The van der Waals surface area contributed by atoms with Crippen LogP contribution >= 0.6 is 23.2 Å². The van der Waals surface area contributed by atoms with Crippen LogP contribution in [-0.2, 0) is 13.1 Å². The molecule has 1 saturated heterocycles. The molecule has 2 aromatic rings. The van der Waals surface area contributed by atoms with Gasteiger partial charge >= 0.3 is 0 Å². The molecule has 0 N–H and O–H groups in total. The monoisotopic (exact) mass is 392 g/mol. The number of fused-ring (bicyclic) bond motifs is 1. The summed E-state index contributed by atoms with van der Waals surface area (Å²) < 4.78 is 1.64. The van der Waals surface area contributed by atoms with Gasteiger partial charge in [0.05, 0.1) is 16.6 Å². The molecule has 0 atom stereocenters. The highest BCUT2D eigenvalue weighted by Crippen LogP contribution is 2.24. The van der Waals surface area contributed by atoms with Crippen molar-refractivity contribution in [1.82, 2.24) is 19.6 Å². The molecule has 0 unspecified atom stereocenters. The van der Waals surface area contributed by atoms with E-state index in [0.29, 0.717) is 41.1 Å². The maximum atomic E-state index is 12.8. The first kappa shape index (κ1) is 17.4. The van der Waals surface area contributed by atoms with E-state index in [4.69, 9.17) is 23.2 Å². The lowest BCUT2D eigenvalue weighted by molar-refractivity contribution is 0.0682. The molecule has 0 aliphatic carbocycles. The first-order valence-corrected chi connectivity index (χ1v) is 9.39. The van der Waals surface area contributed by atoms with Crippen molar-refractivity contribution in [3.8, 4) is 0 Å². The summed E-state index contributed by atoms with van der Waals surface area (Å²) in [4.78, 5) is 28.9. The minimum Gasteiger partial charge on any atom is -0.337 e. The fourth-order valence-electron chi connectivity index (χ4n) is 3.43. The van der Waals surface area contributed by atoms with Crippen LogP contribution < -0.4 is 0 Å². The molecule has 3 heterocycles. The summed E-state index contributed by atoms with van der Waals surface area (Å²) in [6, 6.07) is 6.97. The Morgan fingerprint density at radius 1 is 1.04 bits per heavy atom. The van der Waals surface area contributed by atoms with Gasteiger partial charge in [-0.2, -0.15) is 5.10 Å². The average Bonchev–Trinajstić information content (AvgIpc) is 3.30. The highest BCUT2D eigenvalue weighted by atomic mass is 35.5. The summed E-state index contributed by atoms with van der Waals surface area (Å²) in [6.07, 6.45) is 2.05. The van der Waals surface area contributed by atoms with Gasteiger partial charge in [0.15, 0.2) is 5.69 Å². The van der Waals surface area contributed by atoms with E-state index in [1.54, 1.807) is 32.7 Å². The molecule has 2 amide bonds. The van der Waals surface area contributed by atoms with E-state index in [9.17, 15) is 9.59 Å². The Balaban J connectivity index is 1.52. The first-order chi connectivity index (χ1) is 12.5. The molecule has 2 aliphatic rings. The topological polar surface area (TPSA) is 58.4 Å². The van der Waals surface area contributed by atoms with Crippen molar-refractivity contribution >= 4 is 35.0 Å². The molecule has 0 radical (unpaired) electrons. The highest BCUT2D eigenvalue weighted by molar-refractivity contribution is 6.42. The summed E-state index contributed by atoms with van der Waals surface area (Å²) in [5, 5.41) is 5.31. The lowest BCUT2D eigenvalue weighted by Gasteiger charge is -2.27. The maximum Gasteiger partial charge on any atom is 0.274 e. The van der Waals surface area contributed by atoms with Gasteiger partial charge in [-0.1, -0.05) is 29.3 Å². The van der Waals surface area contributed by atoms with Crippen LogP contribution in [-0.4, -0.2) is 51.0 Å². The number of nitrogens with zero attached hydrogens (tertiary/aromatic N) is 4. The summed E-state index contributed by atoms with van der Waals surface area (Å²) in [7, 11) is 0. The molecule has 1 fully saturated rings. The Morgan fingerprint density at radius 3 is 2.54 bits per heavy atom. The second-order valence-electron chi connectivity index (χ2n) is 6.61. The van der Waals surface area contributed by atoms with Gasteiger partial charge in [-0.25, -0.2) is 0 Å². The second-order valence-corrected chi connectivity index (χ2v) is 7.43. The van der Waals surface area contributed by atoms with Crippen molar-refractivity contribution in [3.63, 3.8) is 0 Å². The third-order valence-electron chi connectivity index (χ3n) is 4.84. The van der Waals surface area contributed by atoms with Gasteiger partial charge < -0.3 is 9.80 Å². The maximum absolute atomic E-state index is 12.8. The minimum absolute atomic E-state index is 0.0896. The highest BCUT2D eigenvalue weighted by Gasteiger charge is 2.30. The van der Waals surface area contributed by atoms with E-state index in [0.717, 1.165) is 31.5 Å². The van der Waals surface area contributed by atoms with Gasteiger partial charge in [0.2, 0.25) is 0 Å². The molecule has 8 heteroatoms. The summed E-state index contributed by atoms with van der Waals surface area (Å²) in [5.74, 6) is -0.219. The fraction of sp³-hybridized carbons (Fsp3) is 0.389. The van der Waals surface area contributed by atoms with Crippen LogP contribution in [0.5, 0.6) is 0 Å².